The number of hydrogen-bond donors (Lipinski definition) is 0. The maximum Gasteiger partial charge on any atom is 0.299 e. The normalized spacial score (nSPS) is 17.0. The number of halogens is 3. The van der Waals surface area contributed by atoms with Crippen LogP contribution in [0.4, 0.5) is 10.3 Å². The van der Waals surface area contributed by atoms with Crippen molar-refractivity contribution in [3.8, 4) is 11.8 Å². The Bertz CT molecular complexity index is 821. The molecule has 26 heavy (non-hydrogen) atoms. The van der Waals surface area contributed by atoms with E-state index in [0.29, 0.717) is 24.6 Å². The number of amides is 1. The van der Waals surface area contributed by atoms with E-state index in [4.69, 9.17) is 23.2 Å². The summed E-state index contributed by atoms with van der Waals surface area (Å²) in [6, 6.07) is 8.62. The van der Waals surface area contributed by atoms with Crippen LogP contribution in [0.1, 0.15) is 16.0 Å². The number of alkyl halides is 3. The van der Waals surface area contributed by atoms with E-state index in [1.807, 2.05) is 0 Å². The number of nitrogens with zero attached hydrogens (tertiary/aromatic N) is 4. The summed E-state index contributed by atoms with van der Waals surface area (Å²) >= 11 is 11.5. The summed E-state index contributed by atoms with van der Waals surface area (Å²) < 4.78 is 14.4. The predicted molar refractivity (Wildman–Crippen MR) is 98.6 cm³/mol. The smallest absolute Gasteiger partial charge is 0.299 e. The summed E-state index contributed by atoms with van der Waals surface area (Å²) in [5.41, 5.74) is 1.41. The number of hydrogen-bond acceptors (Lipinski definition) is 4. The minimum absolute atomic E-state index is 0.0785. The Hall–Kier alpha value is -2.36. The highest BCUT2D eigenvalue weighted by atomic mass is 35.5. The highest BCUT2D eigenvalue weighted by Gasteiger charge is 2.30. The minimum Gasteiger partial charge on any atom is -0.325 e. The highest BCUT2D eigenvalue weighted by molar-refractivity contribution is 6.44. The van der Waals surface area contributed by atoms with Gasteiger partial charge in [0.15, 0.2) is 6.30 Å². The predicted octanol–water partition coefficient (Wildman–Crippen LogP) is 2.95. The van der Waals surface area contributed by atoms with E-state index in [-0.39, 0.29) is 6.54 Å². The molecule has 1 amide bonds. The van der Waals surface area contributed by atoms with Gasteiger partial charge < -0.3 is 9.80 Å². The first-order valence-corrected chi connectivity index (χ1v) is 8.78. The van der Waals surface area contributed by atoms with Crippen molar-refractivity contribution in [3.05, 3.63) is 53.9 Å². The van der Waals surface area contributed by atoms with E-state index < -0.39 is 17.0 Å². The fourth-order valence-corrected chi connectivity index (χ4v) is 2.80. The molecule has 0 aliphatic carbocycles. The fourth-order valence-electron chi connectivity index (χ4n) is 2.51. The zero-order chi connectivity index (χ0) is 18.5. The molecule has 1 aromatic heterocycles. The molecule has 1 fully saturated rings. The van der Waals surface area contributed by atoms with E-state index in [2.05, 4.69) is 21.8 Å². The van der Waals surface area contributed by atoms with Crippen LogP contribution < -0.4 is 4.90 Å². The average molecular weight is 393 g/mol. The van der Waals surface area contributed by atoms with E-state index in [9.17, 15) is 9.18 Å². The van der Waals surface area contributed by atoms with Gasteiger partial charge in [-0.1, -0.05) is 18.1 Å². The van der Waals surface area contributed by atoms with Crippen molar-refractivity contribution < 1.29 is 9.18 Å². The number of carbonyl (C=O) groups excluding carboxylic acids is 1. The lowest BCUT2D eigenvalue weighted by Crippen LogP contribution is -2.53. The first-order chi connectivity index (χ1) is 12.5. The zero-order valence-corrected chi connectivity index (χ0v) is 15.2. The van der Waals surface area contributed by atoms with Crippen LogP contribution in [0, 0.1) is 11.8 Å². The van der Waals surface area contributed by atoms with E-state index in [1.54, 1.807) is 42.7 Å². The van der Waals surface area contributed by atoms with Crippen LogP contribution in [0.25, 0.3) is 0 Å². The van der Waals surface area contributed by atoms with E-state index in [1.165, 1.54) is 9.80 Å². The second kappa shape index (κ2) is 8.35. The van der Waals surface area contributed by atoms with Gasteiger partial charge in [0.1, 0.15) is 4.84 Å². The van der Waals surface area contributed by atoms with Crippen molar-refractivity contribution in [2.45, 2.75) is 11.1 Å². The van der Waals surface area contributed by atoms with E-state index >= 15 is 0 Å². The van der Waals surface area contributed by atoms with Crippen LogP contribution in [0.3, 0.4) is 0 Å². The largest absolute Gasteiger partial charge is 0.325 e. The number of benzene rings is 1. The molecule has 1 aliphatic rings. The van der Waals surface area contributed by atoms with Gasteiger partial charge in [-0.2, -0.15) is 0 Å². The quantitative estimate of drug-likeness (QED) is 0.447. The van der Waals surface area contributed by atoms with Crippen molar-refractivity contribution in [2.24, 2.45) is 0 Å². The van der Waals surface area contributed by atoms with Gasteiger partial charge in [-0.15, -0.1) is 23.2 Å². The molecule has 2 heterocycles. The van der Waals surface area contributed by atoms with Crippen LogP contribution in [0.15, 0.2) is 42.7 Å². The van der Waals surface area contributed by atoms with Gasteiger partial charge in [0, 0.05) is 37.0 Å². The number of carbonyl (C=O) groups is 1. The molecule has 0 N–H and O–H groups in total. The molecule has 2 aromatic rings. The van der Waals surface area contributed by atoms with Crippen molar-refractivity contribution in [2.75, 3.05) is 24.5 Å². The Morgan fingerprint density at radius 2 is 1.88 bits per heavy atom. The third-order valence-electron chi connectivity index (χ3n) is 3.89. The topological polar surface area (TPSA) is 49.3 Å². The van der Waals surface area contributed by atoms with Crippen LogP contribution in [0.2, 0.25) is 0 Å². The van der Waals surface area contributed by atoms with Crippen molar-refractivity contribution in [3.63, 3.8) is 0 Å². The molecule has 1 aliphatic heterocycles. The molecule has 134 valence electrons. The Kier molecular flexibility index (Phi) is 5.92. The van der Waals surface area contributed by atoms with Crippen LogP contribution in [-0.4, -0.2) is 46.7 Å². The van der Waals surface area contributed by atoms with Crippen LogP contribution in [0.5, 0.6) is 0 Å². The summed E-state index contributed by atoms with van der Waals surface area (Å²) in [6.45, 7) is 0.580. The second-order valence-electron chi connectivity index (χ2n) is 5.60. The summed E-state index contributed by atoms with van der Waals surface area (Å²) in [6.07, 6.45) is 1.74. The SMILES string of the molecule is O=C(C#Cc1ccc(C(Cl)Cl)cc1)N1CCN(c2ncccn2)C(F)C1. The molecule has 3 rings (SSSR count). The first-order valence-electron chi connectivity index (χ1n) is 7.91. The van der Waals surface area contributed by atoms with Crippen molar-refractivity contribution >= 4 is 35.1 Å². The van der Waals surface area contributed by atoms with Gasteiger partial charge in [-0.3, -0.25) is 4.79 Å². The molecule has 0 spiro atoms. The summed E-state index contributed by atoms with van der Waals surface area (Å²) in [5.74, 6) is 5.22. The zero-order valence-electron chi connectivity index (χ0n) is 13.6. The van der Waals surface area contributed by atoms with Crippen molar-refractivity contribution in [1.82, 2.24) is 14.9 Å². The second-order valence-corrected chi connectivity index (χ2v) is 6.70. The van der Waals surface area contributed by atoms with Gasteiger partial charge >= 0.3 is 0 Å². The molecular formula is C18H15Cl2FN4O. The van der Waals surface area contributed by atoms with Crippen LogP contribution >= 0.6 is 23.2 Å². The Balaban J connectivity index is 1.62. The van der Waals surface area contributed by atoms with Gasteiger partial charge in [-0.25, -0.2) is 14.4 Å². The lowest BCUT2D eigenvalue weighted by Gasteiger charge is -2.36. The third-order valence-corrected chi connectivity index (χ3v) is 4.40. The number of anilines is 1. The van der Waals surface area contributed by atoms with Crippen molar-refractivity contribution in [1.29, 1.82) is 0 Å². The molecule has 8 heteroatoms. The minimum atomic E-state index is -1.37. The average Bonchev–Trinajstić information content (AvgIpc) is 2.67. The molecule has 0 saturated carbocycles. The molecule has 1 atom stereocenters. The number of piperazine rings is 1. The number of aromatic nitrogens is 2. The lowest BCUT2D eigenvalue weighted by atomic mass is 10.1. The fraction of sp³-hybridized carbons (Fsp3) is 0.278. The maximum atomic E-state index is 14.4. The van der Waals surface area contributed by atoms with Gasteiger partial charge in [0.2, 0.25) is 5.95 Å². The summed E-state index contributed by atoms with van der Waals surface area (Å²) in [7, 11) is 0. The monoisotopic (exact) mass is 392 g/mol. The Morgan fingerprint density at radius 1 is 1.19 bits per heavy atom. The Morgan fingerprint density at radius 3 is 2.50 bits per heavy atom. The third kappa shape index (κ3) is 4.43. The number of rotatable bonds is 2. The molecular weight excluding hydrogens is 378 g/mol. The first kappa shape index (κ1) is 18.4. The highest BCUT2D eigenvalue weighted by Crippen LogP contribution is 2.24. The molecule has 0 bridgehead atoms. The standard InChI is InChI=1S/C18H15Cl2FN4O/c19-17(20)14-5-2-13(3-6-14)4-7-16(26)24-10-11-25(15(21)12-24)18-22-8-1-9-23-18/h1-3,5-6,8-9,15,17H,10-12H2. The Labute approximate surface area is 160 Å². The van der Waals surface area contributed by atoms with Gasteiger partial charge in [0.05, 0.1) is 6.54 Å². The lowest BCUT2D eigenvalue weighted by molar-refractivity contribution is -0.126. The molecule has 1 saturated heterocycles. The van der Waals surface area contributed by atoms with Crippen LogP contribution in [-0.2, 0) is 4.79 Å². The molecule has 1 unspecified atom stereocenters. The molecule has 0 radical (unpaired) electrons. The van der Waals surface area contributed by atoms with Gasteiger partial charge in [0.25, 0.3) is 5.91 Å². The molecule has 1 aromatic carbocycles. The van der Waals surface area contributed by atoms with Gasteiger partial charge in [-0.05, 0) is 23.8 Å². The summed E-state index contributed by atoms with van der Waals surface area (Å²) in [5, 5.41) is 0. The summed E-state index contributed by atoms with van der Waals surface area (Å²) in [4.78, 5) is 22.5. The van der Waals surface area contributed by atoms with E-state index in [0.717, 1.165) is 5.56 Å². The maximum absolute atomic E-state index is 14.4. The molecule has 5 nitrogen and oxygen atoms in total.